The number of rotatable bonds is 4. The molecule has 0 unspecified atom stereocenters. The highest BCUT2D eigenvalue weighted by atomic mass is 16.4. The minimum Gasteiger partial charge on any atom is -0.391 e. The number of aliphatic hydroxyl groups is 4. The highest BCUT2D eigenvalue weighted by Gasteiger charge is 2.27. The van der Waals surface area contributed by atoms with E-state index in [-0.39, 0.29) is 6.29 Å². The van der Waals surface area contributed by atoms with Crippen molar-refractivity contribution in [2.24, 2.45) is 0 Å². The topological polar surface area (TPSA) is 98.0 Å². The summed E-state index contributed by atoms with van der Waals surface area (Å²) in [5.41, 5.74) is 0. The first-order valence-corrected chi connectivity index (χ1v) is 3.18. The summed E-state index contributed by atoms with van der Waals surface area (Å²) < 4.78 is 0. The van der Waals surface area contributed by atoms with E-state index in [9.17, 15) is 4.79 Å². The lowest BCUT2D eigenvalue weighted by Crippen LogP contribution is -2.43. The number of aliphatic hydroxyl groups excluding tert-OH is 4. The Balaban J connectivity index is 4.00. The summed E-state index contributed by atoms with van der Waals surface area (Å²) in [4.78, 5) is 9.87. The van der Waals surface area contributed by atoms with Crippen molar-refractivity contribution in [3.63, 3.8) is 0 Å². The molecule has 66 valence electrons. The Morgan fingerprint density at radius 1 is 1.09 bits per heavy atom. The highest BCUT2D eigenvalue weighted by Crippen LogP contribution is 2.02. The predicted molar refractivity (Wildman–Crippen MR) is 35.8 cm³/mol. The van der Waals surface area contributed by atoms with Crippen LogP contribution >= 0.6 is 0 Å². The molecule has 0 rings (SSSR count). The van der Waals surface area contributed by atoms with Crippen molar-refractivity contribution in [3.05, 3.63) is 0 Å². The molecule has 11 heavy (non-hydrogen) atoms. The van der Waals surface area contributed by atoms with E-state index in [0.717, 1.165) is 0 Å². The van der Waals surface area contributed by atoms with Crippen LogP contribution in [0.1, 0.15) is 6.92 Å². The van der Waals surface area contributed by atoms with Gasteiger partial charge in [-0.2, -0.15) is 0 Å². The Morgan fingerprint density at radius 2 is 1.55 bits per heavy atom. The summed E-state index contributed by atoms with van der Waals surface area (Å²) in [6.45, 7) is 1.24. The van der Waals surface area contributed by atoms with Gasteiger partial charge in [0.2, 0.25) is 0 Å². The maximum Gasteiger partial charge on any atom is 0.151 e. The van der Waals surface area contributed by atoms with Gasteiger partial charge in [-0.05, 0) is 6.92 Å². The SMILES string of the molecule is C[C@@H](O)[C@H](O)[C@@H](O)[C@H](O)C=O. The minimum absolute atomic E-state index is 0.0935. The van der Waals surface area contributed by atoms with Crippen LogP contribution in [-0.2, 0) is 4.79 Å². The number of carbonyl (C=O) groups excluding carboxylic acids is 1. The van der Waals surface area contributed by atoms with Crippen molar-refractivity contribution in [2.75, 3.05) is 0 Å². The Kier molecular flexibility index (Phi) is 4.20. The van der Waals surface area contributed by atoms with Crippen molar-refractivity contribution in [1.82, 2.24) is 0 Å². The lowest BCUT2D eigenvalue weighted by molar-refractivity contribution is -0.132. The van der Waals surface area contributed by atoms with Crippen LogP contribution in [0.15, 0.2) is 0 Å². The van der Waals surface area contributed by atoms with Crippen LogP contribution in [0, 0.1) is 0 Å². The third-order valence-electron chi connectivity index (χ3n) is 1.33. The van der Waals surface area contributed by atoms with Crippen molar-refractivity contribution < 1.29 is 25.2 Å². The summed E-state index contributed by atoms with van der Waals surface area (Å²) in [5, 5.41) is 35.1. The summed E-state index contributed by atoms with van der Waals surface area (Å²) >= 11 is 0. The van der Waals surface area contributed by atoms with Gasteiger partial charge in [0.05, 0.1) is 6.10 Å². The lowest BCUT2D eigenvalue weighted by atomic mass is 10.1. The molecule has 0 aromatic rings. The third kappa shape index (κ3) is 2.94. The molecule has 0 heterocycles. The molecule has 0 amide bonds. The van der Waals surface area contributed by atoms with E-state index in [0.29, 0.717) is 0 Å². The summed E-state index contributed by atoms with van der Waals surface area (Å²) in [7, 11) is 0. The second-order valence-electron chi connectivity index (χ2n) is 2.35. The van der Waals surface area contributed by atoms with Crippen LogP contribution in [0.5, 0.6) is 0 Å². The first kappa shape index (κ1) is 10.5. The van der Waals surface area contributed by atoms with Crippen LogP contribution in [-0.4, -0.2) is 51.1 Å². The molecule has 5 nitrogen and oxygen atoms in total. The number of aldehydes is 1. The van der Waals surface area contributed by atoms with Crippen molar-refractivity contribution in [2.45, 2.75) is 31.3 Å². The van der Waals surface area contributed by atoms with Crippen molar-refractivity contribution in [3.8, 4) is 0 Å². The molecule has 4 N–H and O–H groups in total. The van der Waals surface area contributed by atoms with Gasteiger partial charge in [-0.1, -0.05) is 0 Å². The quantitative estimate of drug-likeness (QED) is 0.349. The van der Waals surface area contributed by atoms with Crippen molar-refractivity contribution >= 4 is 6.29 Å². The van der Waals surface area contributed by atoms with Gasteiger partial charge in [0, 0.05) is 0 Å². The fourth-order valence-corrected chi connectivity index (χ4v) is 0.568. The second-order valence-corrected chi connectivity index (χ2v) is 2.35. The Morgan fingerprint density at radius 3 is 1.82 bits per heavy atom. The summed E-state index contributed by atoms with van der Waals surface area (Å²) in [5.74, 6) is 0. The molecule has 0 spiro atoms. The standard InChI is InChI=1S/C6H12O5/c1-3(8)5(10)6(11)4(9)2-7/h2-6,8-11H,1H3/t3-,4-,5+,6+/m1/s1. The average Bonchev–Trinajstić information content (AvgIpc) is 2.00. The molecule has 5 heteroatoms. The molecule has 0 bridgehead atoms. The fraction of sp³-hybridized carbons (Fsp3) is 0.833. The molecule has 0 radical (unpaired) electrons. The normalized spacial score (nSPS) is 21.9. The second kappa shape index (κ2) is 4.40. The molecule has 0 saturated carbocycles. The van der Waals surface area contributed by atoms with E-state index >= 15 is 0 Å². The summed E-state index contributed by atoms with van der Waals surface area (Å²) in [6, 6.07) is 0. The van der Waals surface area contributed by atoms with E-state index in [1.54, 1.807) is 0 Å². The van der Waals surface area contributed by atoms with Crippen LogP contribution in [0.3, 0.4) is 0 Å². The Labute approximate surface area is 63.9 Å². The van der Waals surface area contributed by atoms with Crippen LogP contribution in [0.25, 0.3) is 0 Å². The van der Waals surface area contributed by atoms with Gasteiger partial charge in [-0.25, -0.2) is 0 Å². The third-order valence-corrected chi connectivity index (χ3v) is 1.33. The minimum atomic E-state index is -1.65. The van der Waals surface area contributed by atoms with Gasteiger partial charge in [-0.3, -0.25) is 0 Å². The molecule has 0 aromatic carbocycles. The molecule has 4 atom stereocenters. The van der Waals surface area contributed by atoms with Crippen molar-refractivity contribution in [1.29, 1.82) is 0 Å². The smallest absolute Gasteiger partial charge is 0.151 e. The molecular formula is C6H12O5. The molecule has 0 aliphatic heterocycles. The Bertz CT molecular complexity index is 124. The molecule has 0 aromatic heterocycles. The van der Waals surface area contributed by atoms with E-state index in [1.807, 2.05) is 0 Å². The van der Waals surface area contributed by atoms with Gasteiger partial charge in [0.15, 0.2) is 6.29 Å². The number of hydrogen-bond donors (Lipinski definition) is 4. The molecular weight excluding hydrogens is 152 g/mol. The van der Waals surface area contributed by atoms with Gasteiger partial charge < -0.3 is 25.2 Å². The zero-order valence-electron chi connectivity index (χ0n) is 6.08. The van der Waals surface area contributed by atoms with Gasteiger partial charge >= 0.3 is 0 Å². The monoisotopic (exact) mass is 164 g/mol. The lowest BCUT2D eigenvalue weighted by Gasteiger charge is -2.21. The van der Waals surface area contributed by atoms with E-state index in [4.69, 9.17) is 20.4 Å². The summed E-state index contributed by atoms with van der Waals surface area (Å²) in [6.07, 6.45) is -5.88. The first-order chi connectivity index (χ1) is 5.00. The van der Waals surface area contributed by atoms with E-state index in [2.05, 4.69) is 0 Å². The van der Waals surface area contributed by atoms with Crippen LogP contribution in [0.2, 0.25) is 0 Å². The fourth-order valence-electron chi connectivity index (χ4n) is 0.568. The number of carbonyl (C=O) groups is 1. The zero-order valence-corrected chi connectivity index (χ0v) is 6.08. The largest absolute Gasteiger partial charge is 0.391 e. The molecule has 0 fully saturated rings. The molecule has 0 aliphatic carbocycles. The van der Waals surface area contributed by atoms with Gasteiger partial charge in [0.25, 0.3) is 0 Å². The van der Waals surface area contributed by atoms with Crippen LogP contribution < -0.4 is 0 Å². The predicted octanol–water partition coefficient (Wildman–Crippen LogP) is -2.35. The van der Waals surface area contributed by atoms with Crippen LogP contribution in [0.4, 0.5) is 0 Å². The average molecular weight is 164 g/mol. The highest BCUT2D eigenvalue weighted by molar-refractivity contribution is 5.56. The zero-order chi connectivity index (χ0) is 9.02. The molecule has 0 saturated heterocycles. The Hall–Kier alpha value is -0.490. The molecule has 0 aliphatic rings. The first-order valence-electron chi connectivity index (χ1n) is 3.18. The van der Waals surface area contributed by atoms with E-state index in [1.165, 1.54) is 6.92 Å². The number of hydrogen-bond acceptors (Lipinski definition) is 5. The maximum absolute atomic E-state index is 9.87. The van der Waals surface area contributed by atoms with Gasteiger partial charge in [-0.15, -0.1) is 0 Å². The maximum atomic E-state index is 9.87. The van der Waals surface area contributed by atoms with E-state index < -0.39 is 24.4 Å². The van der Waals surface area contributed by atoms with Gasteiger partial charge in [0.1, 0.15) is 18.3 Å².